The molecule has 2 aromatic carbocycles. The first-order valence-electron chi connectivity index (χ1n) is 10.3. The Hall–Kier alpha value is -3.77. The summed E-state index contributed by atoms with van der Waals surface area (Å²) in [5.74, 6) is -2.66. The van der Waals surface area contributed by atoms with Gasteiger partial charge in [0.2, 0.25) is 11.6 Å². The number of carbonyl (C=O) groups is 2. The van der Waals surface area contributed by atoms with Crippen LogP contribution in [0.5, 0.6) is 0 Å². The first-order valence-corrected chi connectivity index (χ1v) is 10.7. The summed E-state index contributed by atoms with van der Waals surface area (Å²) in [7, 11) is 0. The first-order chi connectivity index (χ1) is 15.5. The van der Waals surface area contributed by atoms with E-state index < -0.39 is 23.1 Å². The molecule has 0 aliphatic heterocycles. The minimum atomic E-state index is -0.792. The van der Waals surface area contributed by atoms with Crippen molar-refractivity contribution >= 4 is 56.1 Å². The second kappa shape index (κ2) is 6.61. The zero-order valence-corrected chi connectivity index (χ0v) is 17.5. The van der Waals surface area contributed by atoms with Crippen molar-refractivity contribution in [3.05, 3.63) is 82.0 Å². The lowest BCUT2D eigenvalue weighted by Gasteiger charge is -2.18. The molecule has 4 N–H and O–H groups in total. The molecule has 2 aromatic heterocycles. The number of halogens is 1. The van der Waals surface area contributed by atoms with Gasteiger partial charge in [-0.05, 0) is 37.0 Å². The molecule has 32 heavy (non-hydrogen) atoms. The van der Waals surface area contributed by atoms with Crippen LogP contribution in [0.1, 0.15) is 35.6 Å². The fraction of sp³-hybridized carbons (Fsp3) is 0.120. The van der Waals surface area contributed by atoms with Crippen molar-refractivity contribution in [1.82, 2.24) is 9.97 Å². The van der Waals surface area contributed by atoms with Gasteiger partial charge in [0.05, 0.1) is 11.1 Å². The molecule has 0 spiro atoms. The van der Waals surface area contributed by atoms with Gasteiger partial charge in [-0.3, -0.25) is 9.59 Å². The lowest BCUT2D eigenvalue weighted by Crippen LogP contribution is -2.23. The Kier molecular flexibility index (Phi) is 3.92. The molecule has 0 saturated heterocycles. The molecule has 0 bridgehead atoms. The number of para-hydroxylation sites is 1. The summed E-state index contributed by atoms with van der Waals surface area (Å²) in [6.45, 7) is 0. The second-order valence-corrected chi connectivity index (χ2v) is 8.67. The molecular formula is C25H17ClN2O4. The van der Waals surface area contributed by atoms with E-state index in [0.717, 1.165) is 29.4 Å². The summed E-state index contributed by atoms with van der Waals surface area (Å²) in [6.07, 6.45) is 3.44. The van der Waals surface area contributed by atoms with Crippen molar-refractivity contribution in [2.45, 2.75) is 18.8 Å². The maximum absolute atomic E-state index is 13.4. The van der Waals surface area contributed by atoms with Gasteiger partial charge in [0.25, 0.3) is 0 Å². The van der Waals surface area contributed by atoms with Crippen LogP contribution in [0.4, 0.5) is 0 Å². The Labute approximate surface area is 186 Å². The largest absolute Gasteiger partial charge is 0.504 e. The monoisotopic (exact) mass is 444 g/mol. The number of ketones is 2. The number of allylic oxidation sites excluding steroid dienone is 2. The fourth-order valence-electron chi connectivity index (χ4n) is 4.58. The van der Waals surface area contributed by atoms with E-state index in [9.17, 15) is 19.8 Å². The van der Waals surface area contributed by atoms with Gasteiger partial charge in [-0.25, -0.2) is 0 Å². The number of aliphatic hydroxyl groups is 2. The molecule has 0 amide bonds. The molecule has 6 rings (SSSR count). The van der Waals surface area contributed by atoms with Gasteiger partial charge >= 0.3 is 0 Å². The molecule has 1 saturated carbocycles. The SMILES string of the molecule is O=C1C(O)=C(c2c(C3CC3)[nH]c3ccccc23)C(=O)C(O)=C1c1c[nH]c2cc(Cl)ccc12. The number of aliphatic hydroxyl groups excluding tert-OH is 2. The van der Waals surface area contributed by atoms with Crippen LogP contribution in [-0.2, 0) is 9.59 Å². The predicted octanol–water partition coefficient (Wildman–Crippen LogP) is 5.57. The third kappa shape index (κ3) is 2.59. The van der Waals surface area contributed by atoms with Crippen molar-refractivity contribution in [3.8, 4) is 0 Å². The topological polar surface area (TPSA) is 106 Å². The molecule has 7 heteroatoms. The van der Waals surface area contributed by atoms with E-state index in [0.29, 0.717) is 27.1 Å². The number of hydrogen-bond acceptors (Lipinski definition) is 4. The van der Waals surface area contributed by atoms with E-state index in [1.165, 1.54) is 6.20 Å². The zero-order chi connectivity index (χ0) is 22.1. The highest BCUT2D eigenvalue weighted by Crippen LogP contribution is 2.47. The molecule has 158 valence electrons. The maximum Gasteiger partial charge on any atom is 0.232 e. The average Bonchev–Trinajstić information content (AvgIpc) is 3.45. The number of aromatic nitrogens is 2. The highest BCUT2D eigenvalue weighted by molar-refractivity contribution is 6.48. The Morgan fingerprint density at radius 3 is 2.38 bits per heavy atom. The van der Waals surface area contributed by atoms with E-state index in [1.54, 1.807) is 18.2 Å². The first kappa shape index (κ1) is 19.0. The van der Waals surface area contributed by atoms with Crippen molar-refractivity contribution < 1.29 is 19.8 Å². The Morgan fingerprint density at radius 2 is 1.59 bits per heavy atom. The molecule has 0 radical (unpaired) electrons. The highest BCUT2D eigenvalue weighted by Gasteiger charge is 2.41. The Balaban J connectivity index is 1.56. The van der Waals surface area contributed by atoms with Crippen LogP contribution >= 0.6 is 11.6 Å². The normalized spacial score (nSPS) is 17.3. The fourth-order valence-corrected chi connectivity index (χ4v) is 4.75. The molecule has 4 aromatic rings. The molecule has 0 unspecified atom stereocenters. The number of H-pyrrole nitrogens is 2. The summed E-state index contributed by atoms with van der Waals surface area (Å²) in [5.41, 5.74) is 2.72. The average molecular weight is 445 g/mol. The summed E-state index contributed by atoms with van der Waals surface area (Å²) in [5, 5.41) is 23.7. The number of aromatic amines is 2. The van der Waals surface area contributed by atoms with Gasteiger partial charge in [-0.15, -0.1) is 0 Å². The van der Waals surface area contributed by atoms with Crippen molar-refractivity contribution in [2.24, 2.45) is 0 Å². The second-order valence-electron chi connectivity index (χ2n) is 8.23. The summed E-state index contributed by atoms with van der Waals surface area (Å²) < 4.78 is 0. The minimum Gasteiger partial charge on any atom is -0.504 e. The molecule has 0 atom stereocenters. The Morgan fingerprint density at radius 1 is 0.875 bits per heavy atom. The van der Waals surface area contributed by atoms with Gasteiger partial charge in [-0.2, -0.15) is 0 Å². The lowest BCUT2D eigenvalue weighted by atomic mass is 9.84. The molecule has 2 aliphatic carbocycles. The minimum absolute atomic E-state index is 0.154. The maximum atomic E-state index is 13.4. The summed E-state index contributed by atoms with van der Waals surface area (Å²) in [6, 6.07) is 12.5. The van der Waals surface area contributed by atoms with Gasteiger partial charge < -0.3 is 20.2 Å². The number of benzene rings is 2. The van der Waals surface area contributed by atoms with Gasteiger partial charge in [-0.1, -0.05) is 35.9 Å². The van der Waals surface area contributed by atoms with Crippen LogP contribution in [0.2, 0.25) is 5.02 Å². The van der Waals surface area contributed by atoms with Gasteiger partial charge in [0.15, 0.2) is 11.5 Å². The predicted molar refractivity (Wildman–Crippen MR) is 123 cm³/mol. The number of rotatable bonds is 3. The summed E-state index contributed by atoms with van der Waals surface area (Å²) in [4.78, 5) is 33.0. The molecule has 2 aliphatic rings. The van der Waals surface area contributed by atoms with Gasteiger partial charge in [0.1, 0.15) is 0 Å². The third-order valence-electron chi connectivity index (χ3n) is 6.24. The van der Waals surface area contributed by atoms with E-state index in [4.69, 9.17) is 11.6 Å². The van der Waals surface area contributed by atoms with Crippen LogP contribution < -0.4 is 0 Å². The van der Waals surface area contributed by atoms with Crippen LogP contribution in [0.3, 0.4) is 0 Å². The van der Waals surface area contributed by atoms with Crippen molar-refractivity contribution in [1.29, 1.82) is 0 Å². The van der Waals surface area contributed by atoms with Gasteiger partial charge in [0, 0.05) is 49.8 Å². The molecular weight excluding hydrogens is 428 g/mol. The number of Topliss-reactive ketones (excluding diaryl/α,β-unsaturated/α-hetero) is 2. The van der Waals surface area contributed by atoms with E-state index in [-0.39, 0.29) is 17.1 Å². The number of hydrogen-bond donors (Lipinski definition) is 4. The van der Waals surface area contributed by atoms with Crippen molar-refractivity contribution in [3.63, 3.8) is 0 Å². The number of carbonyl (C=O) groups excluding carboxylic acids is 2. The van der Waals surface area contributed by atoms with Crippen LogP contribution in [0, 0.1) is 0 Å². The van der Waals surface area contributed by atoms with Crippen LogP contribution in [0.15, 0.2) is 60.2 Å². The third-order valence-corrected chi connectivity index (χ3v) is 6.48. The van der Waals surface area contributed by atoms with Crippen LogP contribution in [0.25, 0.3) is 33.0 Å². The van der Waals surface area contributed by atoms with E-state index in [1.807, 2.05) is 24.3 Å². The number of fused-ring (bicyclic) bond motifs is 2. The van der Waals surface area contributed by atoms with E-state index >= 15 is 0 Å². The van der Waals surface area contributed by atoms with Crippen molar-refractivity contribution in [2.75, 3.05) is 0 Å². The lowest BCUT2D eigenvalue weighted by molar-refractivity contribution is -0.116. The zero-order valence-electron chi connectivity index (χ0n) is 16.7. The summed E-state index contributed by atoms with van der Waals surface area (Å²) >= 11 is 6.03. The highest BCUT2D eigenvalue weighted by atomic mass is 35.5. The standard InChI is InChI=1S/C25H17ClN2O4/c26-12-7-8-13-15(10-27-17(13)9-12)19-22(29)24(31)20(25(32)23(19)30)18-14-3-1-2-4-16(14)28-21(18)11-5-6-11/h1-4,7-11,27-29,32H,5-6H2. The molecule has 6 nitrogen and oxygen atoms in total. The quantitative estimate of drug-likeness (QED) is 0.310. The smallest absolute Gasteiger partial charge is 0.232 e. The Bertz CT molecular complexity index is 1550. The molecule has 2 heterocycles. The van der Waals surface area contributed by atoms with Crippen LogP contribution in [-0.4, -0.2) is 31.7 Å². The van der Waals surface area contributed by atoms with E-state index in [2.05, 4.69) is 9.97 Å². The molecule has 1 fully saturated rings. The number of nitrogens with one attached hydrogen (secondary N) is 2.